The van der Waals surface area contributed by atoms with Crippen LogP contribution in [0.1, 0.15) is 22.6 Å². The minimum absolute atomic E-state index is 0.0405. The molecule has 0 saturated heterocycles. The van der Waals surface area contributed by atoms with Gasteiger partial charge in [0.15, 0.2) is 0 Å². The Balaban J connectivity index is 1.48. The molecule has 0 atom stereocenters. The second-order valence-electron chi connectivity index (χ2n) is 6.29. The van der Waals surface area contributed by atoms with E-state index >= 15 is 0 Å². The maximum absolute atomic E-state index is 12.3. The molecule has 1 N–H and O–H groups in total. The zero-order chi connectivity index (χ0) is 18.8. The SMILES string of the molecule is C#Cc1ccc(NC(=O)OCC2c3ccccc3-c3ccccc32)cc1Br. The summed E-state index contributed by atoms with van der Waals surface area (Å²) in [5.74, 6) is 2.61. The number of rotatable bonds is 3. The molecule has 0 heterocycles. The number of carbonyl (C=O) groups excluding carboxylic acids is 1. The number of carbonyl (C=O) groups is 1. The van der Waals surface area contributed by atoms with E-state index in [0.717, 1.165) is 10.0 Å². The quantitative estimate of drug-likeness (QED) is 0.547. The summed E-state index contributed by atoms with van der Waals surface area (Å²) in [5, 5.41) is 2.75. The van der Waals surface area contributed by atoms with E-state index in [4.69, 9.17) is 11.2 Å². The van der Waals surface area contributed by atoms with Crippen LogP contribution in [0, 0.1) is 12.3 Å². The van der Waals surface area contributed by atoms with Crippen molar-refractivity contribution in [3.05, 3.63) is 87.9 Å². The van der Waals surface area contributed by atoms with Crippen LogP contribution in [0.25, 0.3) is 11.1 Å². The Bertz CT molecular complexity index is 1020. The second-order valence-corrected chi connectivity index (χ2v) is 7.14. The van der Waals surface area contributed by atoms with Gasteiger partial charge in [-0.15, -0.1) is 6.42 Å². The lowest BCUT2D eigenvalue weighted by atomic mass is 9.98. The molecule has 0 saturated carbocycles. The lowest BCUT2D eigenvalue weighted by molar-refractivity contribution is 0.158. The van der Waals surface area contributed by atoms with Crippen LogP contribution in [-0.4, -0.2) is 12.7 Å². The second kappa shape index (κ2) is 7.30. The van der Waals surface area contributed by atoms with E-state index in [2.05, 4.69) is 51.4 Å². The number of nitrogens with one attached hydrogen (secondary N) is 1. The van der Waals surface area contributed by atoms with Gasteiger partial charge in [-0.1, -0.05) is 54.5 Å². The number of hydrogen-bond donors (Lipinski definition) is 1. The highest BCUT2D eigenvalue weighted by atomic mass is 79.9. The van der Waals surface area contributed by atoms with Crippen LogP contribution in [0.3, 0.4) is 0 Å². The summed E-state index contributed by atoms with van der Waals surface area (Å²) in [6.45, 7) is 0.281. The topological polar surface area (TPSA) is 38.3 Å². The lowest BCUT2D eigenvalue weighted by Gasteiger charge is -2.14. The van der Waals surface area contributed by atoms with Crippen molar-refractivity contribution in [2.24, 2.45) is 0 Å². The summed E-state index contributed by atoms with van der Waals surface area (Å²) in [5.41, 5.74) is 6.14. The van der Waals surface area contributed by atoms with E-state index in [9.17, 15) is 4.79 Å². The van der Waals surface area contributed by atoms with Gasteiger partial charge in [-0.2, -0.15) is 0 Å². The standard InChI is InChI=1S/C23H16BrNO2/c1-2-15-11-12-16(13-22(15)24)25-23(26)27-14-21-19-9-5-3-7-17(19)18-8-4-6-10-20(18)21/h1,3-13,21H,14H2,(H,25,26). The van der Waals surface area contributed by atoms with E-state index < -0.39 is 6.09 Å². The molecule has 0 bridgehead atoms. The summed E-state index contributed by atoms with van der Waals surface area (Å²) >= 11 is 3.39. The minimum atomic E-state index is -0.489. The fourth-order valence-electron chi connectivity index (χ4n) is 3.46. The third-order valence-electron chi connectivity index (χ3n) is 4.71. The molecule has 4 rings (SSSR count). The number of halogens is 1. The number of terminal acetylenes is 1. The van der Waals surface area contributed by atoms with Gasteiger partial charge in [-0.05, 0) is 56.4 Å². The molecule has 3 aromatic rings. The van der Waals surface area contributed by atoms with Gasteiger partial charge in [0, 0.05) is 21.6 Å². The molecule has 0 unspecified atom stereocenters. The van der Waals surface area contributed by atoms with Crippen molar-refractivity contribution in [1.29, 1.82) is 0 Å². The number of fused-ring (bicyclic) bond motifs is 3. The Labute approximate surface area is 166 Å². The van der Waals surface area contributed by atoms with E-state index in [1.165, 1.54) is 22.3 Å². The number of hydrogen-bond acceptors (Lipinski definition) is 2. The molecule has 0 aromatic heterocycles. The molecule has 1 aliphatic carbocycles. The Morgan fingerprint density at radius 2 is 1.67 bits per heavy atom. The highest BCUT2D eigenvalue weighted by molar-refractivity contribution is 9.10. The van der Waals surface area contributed by atoms with Crippen molar-refractivity contribution in [1.82, 2.24) is 0 Å². The van der Waals surface area contributed by atoms with Gasteiger partial charge in [0.2, 0.25) is 0 Å². The monoisotopic (exact) mass is 417 g/mol. The highest BCUT2D eigenvalue weighted by Crippen LogP contribution is 2.44. The molecule has 3 nitrogen and oxygen atoms in total. The molecule has 0 aliphatic heterocycles. The minimum Gasteiger partial charge on any atom is -0.448 e. The van der Waals surface area contributed by atoms with E-state index in [1.54, 1.807) is 18.2 Å². The van der Waals surface area contributed by atoms with Crippen LogP contribution >= 0.6 is 15.9 Å². The van der Waals surface area contributed by atoms with Crippen LogP contribution < -0.4 is 5.32 Å². The van der Waals surface area contributed by atoms with Crippen molar-refractivity contribution in [3.8, 4) is 23.5 Å². The van der Waals surface area contributed by atoms with Gasteiger partial charge in [-0.3, -0.25) is 5.32 Å². The van der Waals surface area contributed by atoms with E-state index in [1.807, 2.05) is 24.3 Å². The number of ether oxygens (including phenoxy) is 1. The van der Waals surface area contributed by atoms with Crippen molar-refractivity contribution in [3.63, 3.8) is 0 Å². The van der Waals surface area contributed by atoms with Crippen molar-refractivity contribution in [2.45, 2.75) is 5.92 Å². The van der Waals surface area contributed by atoms with Gasteiger partial charge >= 0.3 is 6.09 Å². The molecule has 1 amide bonds. The Morgan fingerprint density at radius 1 is 1.04 bits per heavy atom. The van der Waals surface area contributed by atoms with Crippen LogP contribution in [0.2, 0.25) is 0 Å². The van der Waals surface area contributed by atoms with Gasteiger partial charge in [0.1, 0.15) is 6.61 Å². The average Bonchev–Trinajstić information content (AvgIpc) is 3.00. The van der Waals surface area contributed by atoms with E-state index in [-0.39, 0.29) is 12.5 Å². The molecule has 0 spiro atoms. The predicted octanol–water partition coefficient (Wildman–Crippen LogP) is 5.79. The Morgan fingerprint density at radius 3 is 2.26 bits per heavy atom. The van der Waals surface area contributed by atoms with Gasteiger partial charge in [-0.25, -0.2) is 4.79 Å². The molecule has 132 valence electrons. The summed E-state index contributed by atoms with van der Waals surface area (Å²) in [4.78, 5) is 12.3. The van der Waals surface area contributed by atoms with Crippen LogP contribution in [0.15, 0.2) is 71.2 Å². The largest absolute Gasteiger partial charge is 0.448 e. The first-order valence-electron chi connectivity index (χ1n) is 8.55. The van der Waals surface area contributed by atoms with E-state index in [0.29, 0.717) is 5.69 Å². The van der Waals surface area contributed by atoms with Crippen molar-refractivity contribution >= 4 is 27.7 Å². The first-order valence-corrected chi connectivity index (χ1v) is 9.35. The van der Waals surface area contributed by atoms with Gasteiger partial charge in [0.25, 0.3) is 0 Å². The first kappa shape index (κ1) is 17.4. The lowest BCUT2D eigenvalue weighted by Crippen LogP contribution is -2.17. The molecule has 27 heavy (non-hydrogen) atoms. The molecule has 0 fully saturated rings. The molecular weight excluding hydrogens is 402 g/mol. The highest BCUT2D eigenvalue weighted by Gasteiger charge is 2.28. The van der Waals surface area contributed by atoms with Crippen molar-refractivity contribution < 1.29 is 9.53 Å². The predicted molar refractivity (Wildman–Crippen MR) is 111 cm³/mol. The van der Waals surface area contributed by atoms with Crippen LogP contribution in [-0.2, 0) is 4.74 Å². The zero-order valence-electron chi connectivity index (χ0n) is 14.4. The zero-order valence-corrected chi connectivity index (χ0v) is 16.0. The summed E-state index contributed by atoms with van der Waals surface area (Å²) < 4.78 is 6.29. The normalized spacial score (nSPS) is 12.0. The molecule has 3 aromatic carbocycles. The third-order valence-corrected chi connectivity index (χ3v) is 5.37. The molecule has 0 radical (unpaired) electrons. The maximum Gasteiger partial charge on any atom is 0.411 e. The molecule has 4 heteroatoms. The van der Waals surface area contributed by atoms with Crippen LogP contribution in [0.4, 0.5) is 10.5 Å². The van der Waals surface area contributed by atoms with Gasteiger partial charge < -0.3 is 4.74 Å². The number of amides is 1. The molecule has 1 aliphatic rings. The maximum atomic E-state index is 12.3. The molecular formula is C23H16BrNO2. The summed E-state index contributed by atoms with van der Waals surface area (Å²) in [6, 6.07) is 21.8. The summed E-state index contributed by atoms with van der Waals surface area (Å²) in [6.07, 6.45) is 4.92. The third kappa shape index (κ3) is 3.34. The van der Waals surface area contributed by atoms with Gasteiger partial charge in [0.05, 0.1) is 0 Å². The smallest absolute Gasteiger partial charge is 0.411 e. The fourth-order valence-corrected chi connectivity index (χ4v) is 3.96. The average molecular weight is 418 g/mol. The number of anilines is 1. The Hall–Kier alpha value is -3.03. The summed E-state index contributed by atoms with van der Waals surface area (Å²) in [7, 11) is 0. The van der Waals surface area contributed by atoms with Crippen LogP contribution in [0.5, 0.6) is 0 Å². The fraction of sp³-hybridized carbons (Fsp3) is 0.0870. The van der Waals surface area contributed by atoms with Crippen molar-refractivity contribution in [2.75, 3.05) is 11.9 Å². The Kier molecular flexibility index (Phi) is 4.70. The number of benzene rings is 3. The first-order chi connectivity index (χ1) is 13.2.